The number of nitrogens with one attached hydrogen (secondary N) is 1. The van der Waals surface area contributed by atoms with Crippen molar-refractivity contribution in [3.8, 4) is 6.07 Å². The Bertz CT molecular complexity index is 837. The van der Waals surface area contributed by atoms with E-state index >= 15 is 0 Å². The fourth-order valence-corrected chi connectivity index (χ4v) is 3.65. The Morgan fingerprint density at radius 1 is 1.32 bits per heavy atom. The van der Waals surface area contributed by atoms with E-state index in [0.717, 1.165) is 42.5 Å². The summed E-state index contributed by atoms with van der Waals surface area (Å²) in [5.41, 5.74) is 2.39. The first kappa shape index (κ1) is 15.9. The third-order valence-electron chi connectivity index (χ3n) is 5.24. The highest BCUT2D eigenvalue weighted by Crippen LogP contribution is 2.33. The SMILES string of the molecule is N#Cc1cnc2ccccc2c1N1CCCC(C(=O)NCC2CC2)C1. The van der Waals surface area contributed by atoms with Crippen molar-refractivity contribution < 1.29 is 4.79 Å². The van der Waals surface area contributed by atoms with Crippen LogP contribution in [0.25, 0.3) is 10.9 Å². The number of rotatable bonds is 4. The van der Waals surface area contributed by atoms with Crippen LogP contribution < -0.4 is 10.2 Å². The second kappa shape index (κ2) is 6.72. The summed E-state index contributed by atoms with van der Waals surface area (Å²) in [5.74, 6) is 0.845. The molecule has 1 atom stereocenters. The predicted octanol–water partition coefficient (Wildman–Crippen LogP) is 2.85. The van der Waals surface area contributed by atoms with Gasteiger partial charge in [0.15, 0.2) is 0 Å². The Kier molecular flexibility index (Phi) is 4.27. The standard InChI is InChI=1S/C20H22N4O/c21-10-16-12-22-18-6-2-1-5-17(18)19(16)24-9-3-4-15(13-24)20(25)23-11-14-7-8-14/h1-2,5-6,12,14-15H,3-4,7-9,11,13H2,(H,23,25). The maximum Gasteiger partial charge on any atom is 0.224 e. The number of nitrogens with zero attached hydrogens (tertiary/aromatic N) is 3. The van der Waals surface area contributed by atoms with Gasteiger partial charge >= 0.3 is 0 Å². The molecule has 5 heteroatoms. The lowest BCUT2D eigenvalue weighted by molar-refractivity contribution is -0.125. The van der Waals surface area contributed by atoms with Gasteiger partial charge in [-0.05, 0) is 37.7 Å². The number of hydrogen-bond donors (Lipinski definition) is 1. The van der Waals surface area contributed by atoms with Gasteiger partial charge in [0.25, 0.3) is 0 Å². The molecule has 25 heavy (non-hydrogen) atoms. The number of hydrogen-bond acceptors (Lipinski definition) is 4. The maximum atomic E-state index is 12.5. The van der Waals surface area contributed by atoms with Gasteiger partial charge in [0, 0.05) is 31.2 Å². The molecule has 2 heterocycles. The summed E-state index contributed by atoms with van der Waals surface area (Å²) in [7, 11) is 0. The molecule has 1 aromatic heterocycles. The number of piperidine rings is 1. The molecule has 0 spiro atoms. The lowest BCUT2D eigenvalue weighted by Gasteiger charge is -2.34. The van der Waals surface area contributed by atoms with Crippen molar-refractivity contribution in [3.63, 3.8) is 0 Å². The Balaban J connectivity index is 1.59. The Labute approximate surface area is 147 Å². The summed E-state index contributed by atoms with van der Waals surface area (Å²) in [5, 5.41) is 13.6. The van der Waals surface area contributed by atoms with Gasteiger partial charge in [0.05, 0.1) is 22.7 Å². The highest BCUT2D eigenvalue weighted by molar-refractivity contribution is 5.94. The molecule has 5 nitrogen and oxygen atoms in total. The minimum absolute atomic E-state index is 0.00836. The van der Waals surface area contributed by atoms with Crippen LogP contribution in [0, 0.1) is 23.2 Å². The third-order valence-corrected chi connectivity index (χ3v) is 5.24. The number of benzene rings is 1. The van der Waals surface area contributed by atoms with E-state index in [0.29, 0.717) is 18.0 Å². The van der Waals surface area contributed by atoms with Crippen LogP contribution >= 0.6 is 0 Å². The molecule has 1 saturated heterocycles. The molecule has 1 aliphatic carbocycles. The summed E-state index contributed by atoms with van der Waals surface area (Å²) < 4.78 is 0. The highest BCUT2D eigenvalue weighted by atomic mass is 16.1. The molecule has 1 unspecified atom stereocenters. The van der Waals surface area contributed by atoms with E-state index in [1.807, 2.05) is 24.3 Å². The van der Waals surface area contributed by atoms with Gasteiger partial charge in [-0.3, -0.25) is 9.78 Å². The Morgan fingerprint density at radius 2 is 2.16 bits per heavy atom. The van der Waals surface area contributed by atoms with Crippen LogP contribution in [0.3, 0.4) is 0 Å². The van der Waals surface area contributed by atoms with Crippen LogP contribution in [-0.4, -0.2) is 30.5 Å². The first-order valence-electron chi connectivity index (χ1n) is 9.07. The van der Waals surface area contributed by atoms with Gasteiger partial charge in [-0.1, -0.05) is 18.2 Å². The number of anilines is 1. The number of pyridine rings is 1. The second-order valence-corrected chi connectivity index (χ2v) is 7.12. The molecule has 2 aromatic rings. The fourth-order valence-electron chi connectivity index (χ4n) is 3.65. The number of para-hydroxylation sites is 1. The molecule has 1 aliphatic heterocycles. The summed E-state index contributed by atoms with van der Waals surface area (Å²) in [4.78, 5) is 19.1. The minimum Gasteiger partial charge on any atom is -0.369 e. The van der Waals surface area contributed by atoms with Crippen molar-refractivity contribution in [2.45, 2.75) is 25.7 Å². The van der Waals surface area contributed by atoms with Crippen LogP contribution in [0.2, 0.25) is 0 Å². The molecule has 1 N–H and O–H groups in total. The van der Waals surface area contributed by atoms with Gasteiger partial charge < -0.3 is 10.2 Å². The summed E-state index contributed by atoms with van der Waals surface area (Å²) in [6.07, 6.45) is 6.01. The number of carbonyl (C=O) groups excluding carboxylic acids is 1. The summed E-state index contributed by atoms with van der Waals surface area (Å²) >= 11 is 0. The van der Waals surface area contributed by atoms with Crippen molar-refractivity contribution >= 4 is 22.5 Å². The van der Waals surface area contributed by atoms with Crippen LogP contribution in [0.1, 0.15) is 31.2 Å². The zero-order chi connectivity index (χ0) is 17.2. The van der Waals surface area contributed by atoms with Crippen molar-refractivity contribution in [2.75, 3.05) is 24.5 Å². The smallest absolute Gasteiger partial charge is 0.224 e. The van der Waals surface area contributed by atoms with E-state index in [-0.39, 0.29) is 11.8 Å². The lowest BCUT2D eigenvalue weighted by Crippen LogP contribution is -2.43. The van der Waals surface area contributed by atoms with E-state index in [9.17, 15) is 10.1 Å². The number of nitriles is 1. The quantitative estimate of drug-likeness (QED) is 0.933. The van der Waals surface area contributed by atoms with Crippen molar-refractivity contribution in [1.29, 1.82) is 5.26 Å². The molecule has 128 valence electrons. The van der Waals surface area contributed by atoms with Crippen molar-refractivity contribution in [3.05, 3.63) is 36.0 Å². The molecule has 1 saturated carbocycles. The molecule has 2 fully saturated rings. The van der Waals surface area contributed by atoms with Crippen LogP contribution in [0.4, 0.5) is 5.69 Å². The largest absolute Gasteiger partial charge is 0.369 e. The maximum absolute atomic E-state index is 12.5. The van der Waals surface area contributed by atoms with Gasteiger partial charge in [0.2, 0.25) is 5.91 Å². The van der Waals surface area contributed by atoms with Gasteiger partial charge in [-0.25, -0.2) is 0 Å². The molecule has 2 aliphatic rings. The molecule has 1 amide bonds. The van der Waals surface area contributed by atoms with E-state index in [4.69, 9.17) is 0 Å². The second-order valence-electron chi connectivity index (χ2n) is 7.12. The predicted molar refractivity (Wildman–Crippen MR) is 97.1 cm³/mol. The fraction of sp³-hybridized carbons (Fsp3) is 0.450. The van der Waals surface area contributed by atoms with Crippen molar-refractivity contribution in [2.24, 2.45) is 11.8 Å². The molecule has 1 aromatic carbocycles. The Hall–Kier alpha value is -2.61. The summed E-state index contributed by atoms with van der Waals surface area (Å²) in [6.45, 7) is 2.35. The van der Waals surface area contributed by atoms with Gasteiger partial charge in [-0.2, -0.15) is 5.26 Å². The molecular formula is C20H22N4O. The zero-order valence-electron chi connectivity index (χ0n) is 14.2. The van der Waals surface area contributed by atoms with E-state index < -0.39 is 0 Å². The first-order chi connectivity index (χ1) is 12.3. The number of carbonyl (C=O) groups is 1. The van der Waals surface area contributed by atoms with Gasteiger partial charge in [-0.15, -0.1) is 0 Å². The monoisotopic (exact) mass is 334 g/mol. The van der Waals surface area contributed by atoms with E-state index in [2.05, 4.69) is 21.3 Å². The molecule has 0 bridgehead atoms. The topological polar surface area (TPSA) is 69.0 Å². The van der Waals surface area contributed by atoms with E-state index in [1.54, 1.807) is 6.20 Å². The third kappa shape index (κ3) is 3.30. The lowest BCUT2D eigenvalue weighted by atomic mass is 9.95. The molecule has 4 rings (SSSR count). The highest BCUT2D eigenvalue weighted by Gasteiger charge is 2.29. The van der Waals surface area contributed by atoms with Crippen LogP contribution in [0.15, 0.2) is 30.5 Å². The minimum atomic E-state index is -0.00836. The number of amides is 1. The molecular weight excluding hydrogens is 312 g/mol. The Morgan fingerprint density at radius 3 is 2.96 bits per heavy atom. The zero-order valence-corrected chi connectivity index (χ0v) is 14.2. The average Bonchev–Trinajstić information content (AvgIpc) is 3.49. The normalized spacial score (nSPS) is 20.3. The van der Waals surface area contributed by atoms with E-state index in [1.165, 1.54) is 12.8 Å². The van der Waals surface area contributed by atoms with Gasteiger partial charge in [0.1, 0.15) is 6.07 Å². The van der Waals surface area contributed by atoms with Crippen LogP contribution in [0.5, 0.6) is 0 Å². The number of fused-ring (bicyclic) bond motifs is 1. The van der Waals surface area contributed by atoms with Crippen LogP contribution in [-0.2, 0) is 4.79 Å². The average molecular weight is 334 g/mol. The number of aromatic nitrogens is 1. The van der Waals surface area contributed by atoms with Crippen molar-refractivity contribution in [1.82, 2.24) is 10.3 Å². The molecule has 0 radical (unpaired) electrons. The summed E-state index contributed by atoms with van der Waals surface area (Å²) in [6, 6.07) is 10.2. The first-order valence-corrected chi connectivity index (χ1v) is 9.07.